The zero-order valence-electron chi connectivity index (χ0n) is 17.4. The summed E-state index contributed by atoms with van der Waals surface area (Å²) in [5.74, 6) is 2.60. The molecule has 1 aromatic heterocycles. The van der Waals surface area contributed by atoms with E-state index in [4.69, 9.17) is 14.2 Å². The van der Waals surface area contributed by atoms with E-state index in [0.717, 1.165) is 16.2 Å². The molecule has 7 nitrogen and oxygen atoms in total. The Morgan fingerprint density at radius 2 is 1.83 bits per heavy atom. The molecule has 0 aliphatic heterocycles. The van der Waals surface area contributed by atoms with Crippen molar-refractivity contribution in [3.63, 3.8) is 0 Å². The zero-order chi connectivity index (χ0) is 21.5. The van der Waals surface area contributed by atoms with Crippen molar-refractivity contribution in [2.75, 3.05) is 26.6 Å². The summed E-state index contributed by atoms with van der Waals surface area (Å²) in [5.41, 5.74) is 0.900. The van der Waals surface area contributed by atoms with Gasteiger partial charge < -0.3 is 19.5 Å². The van der Waals surface area contributed by atoms with E-state index in [1.54, 1.807) is 38.3 Å². The average molecular weight is 428 g/mol. The summed E-state index contributed by atoms with van der Waals surface area (Å²) in [7, 11) is 4.83. The number of nitrogens with zero attached hydrogens (tertiary/aromatic N) is 2. The number of aromatic nitrogens is 2. The number of thioether (sulfide) groups is 1. The molecule has 0 spiro atoms. The van der Waals surface area contributed by atoms with Crippen LogP contribution in [0.4, 0.5) is 5.82 Å². The number of benzene rings is 2. The van der Waals surface area contributed by atoms with Crippen molar-refractivity contribution in [2.24, 2.45) is 0 Å². The smallest absolute Gasteiger partial charge is 0.238 e. The van der Waals surface area contributed by atoms with Crippen molar-refractivity contribution in [1.82, 2.24) is 9.78 Å². The van der Waals surface area contributed by atoms with Gasteiger partial charge in [-0.1, -0.05) is 12.1 Å². The quantitative estimate of drug-likeness (QED) is 0.519. The van der Waals surface area contributed by atoms with Crippen LogP contribution in [0.5, 0.6) is 17.2 Å². The lowest BCUT2D eigenvalue weighted by atomic mass is 10.2. The predicted octanol–water partition coefficient (Wildman–Crippen LogP) is 4.08. The number of carbonyl (C=O) groups excluding carboxylic acids is 1. The van der Waals surface area contributed by atoms with Gasteiger partial charge in [-0.3, -0.25) is 4.79 Å². The maximum atomic E-state index is 12.7. The van der Waals surface area contributed by atoms with E-state index in [9.17, 15) is 4.79 Å². The molecule has 0 bridgehead atoms. The van der Waals surface area contributed by atoms with E-state index in [-0.39, 0.29) is 11.2 Å². The first kappa shape index (κ1) is 21.6. The summed E-state index contributed by atoms with van der Waals surface area (Å²) in [6.45, 7) is 2.30. The molecule has 0 saturated heterocycles. The molecule has 0 aliphatic carbocycles. The van der Waals surface area contributed by atoms with Gasteiger partial charge in [0.2, 0.25) is 5.91 Å². The van der Waals surface area contributed by atoms with Crippen molar-refractivity contribution in [3.05, 3.63) is 60.3 Å². The number of ether oxygens (including phenoxy) is 3. The minimum atomic E-state index is -0.284. The maximum absolute atomic E-state index is 12.7. The highest BCUT2D eigenvalue weighted by Crippen LogP contribution is 2.32. The fourth-order valence-corrected chi connectivity index (χ4v) is 3.81. The molecular weight excluding hydrogens is 402 g/mol. The summed E-state index contributed by atoms with van der Waals surface area (Å²) in [6, 6.07) is 15.1. The number of rotatable bonds is 9. The molecule has 158 valence electrons. The summed E-state index contributed by atoms with van der Waals surface area (Å²) in [4.78, 5) is 13.7. The summed E-state index contributed by atoms with van der Waals surface area (Å²) in [6.07, 6.45) is 1.66. The molecule has 0 radical (unpaired) electrons. The maximum Gasteiger partial charge on any atom is 0.238 e. The summed E-state index contributed by atoms with van der Waals surface area (Å²) in [5, 5.41) is 7.02. The van der Waals surface area contributed by atoms with Crippen LogP contribution in [0, 0.1) is 0 Å². The number of methoxy groups -OCH3 is 3. The largest absolute Gasteiger partial charge is 0.497 e. The topological polar surface area (TPSA) is 74.6 Å². The standard InChI is InChI=1S/C22H25N3O4S/c1-15(30-18-10-8-17(27-2)9-11-18)22(26)24-20-12-13-23-25(20)14-16-6-5-7-19(28-3)21(16)29-4/h5-13,15H,14H2,1-4H3,(H,24,26). The third kappa shape index (κ3) is 5.07. The van der Waals surface area contributed by atoms with Crippen molar-refractivity contribution in [1.29, 1.82) is 0 Å². The Kier molecular flexibility index (Phi) is 7.24. The number of carbonyl (C=O) groups is 1. The number of hydrogen-bond acceptors (Lipinski definition) is 6. The van der Waals surface area contributed by atoms with Gasteiger partial charge in [-0.25, -0.2) is 4.68 Å². The zero-order valence-corrected chi connectivity index (χ0v) is 18.2. The second-order valence-electron chi connectivity index (χ2n) is 6.45. The number of amides is 1. The molecule has 1 N–H and O–H groups in total. The Hall–Kier alpha value is -3.13. The Labute approximate surface area is 180 Å². The second-order valence-corrected chi connectivity index (χ2v) is 7.87. The first-order valence-electron chi connectivity index (χ1n) is 9.39. The molecule has 0 fully saturated rings. The highest BCUT2D eigenvalue weighted by Gasteiger charge is 2.18. The van der Waals surface area contributed by atoms with E-state index in [0.29, 0.717) is 23.9 Å². The van der Waals surface area contributed by atoms with Crippen LogP contribution in [0.1, 0.15) is 12.5 Å². The van der Waals surface area contributed by atoms with Gasteiger partial charge >= 0.3 is 0 Å². The van der Waals surface area contributed by atoms with Gasteiger partial charge in [0.05, 0.1) is 39.3 Å². The monoisotopic (exact) mass is 427 g/mol. The first-order chi connectivity index (χ1) is 14.5. The summed E-state index contributed by atoms with van der Waals surface area (Å²) < 4.78 is 17.7. The van der Waals surface area contributed by atoms with Crippen LogP contribution in [0.15, 0.2) is 59.6 Å². The second kappa shape index (κ2) is 10.1. The van der Waals surface area contributed by atoms with Crippen LogP contribution in [-0.4, -0.2) is 42.3 Å². The molecule has 1 heterocycles. The van der Waals surface area contributed by atoms with E-state index in [1.807, 2.05) is 49.4 Å². The Morgan fingerprint density at radius 3 is 2.50 bits per heavy atom. The molecule has 2 aromatic carbocycles. The van der Waals surface area contributed by atoms with Crippen molar-refractivity contribution in [2.45, 2.75) is 23.6 Å². The Morgan fingerprint density at radius 1 is 1.07 bits per heavy atom. The minimum Gasteiger partial charge on any atom is -0.497 e. The van der Waals surface area contributed by atoms with Gasteiger partial charge in [0.15, 0.2) is 11.5 Å². The average Bonchev–Trinajstić information content (AvgIpc) is 3.20. The number of anilines is 1. The Balaban J connectivity index is 1.68. The highest BCUT2D eigenvalue weighted by atomic mass is 32.2. The number of para-hydroxylation sites is 1. The molecule has 0 aliphatic rings. The lowest BCUT2D eigenvalue weighted by Crippen LogP contribution is -2.24. The molecule has 0 saturated carbocycles. The number of hydrogen-bond donors (Lipinski definition) is 1. The van der Waals surface area contributed by atoms with Gasteiger partial charge in [0, 0.05) is 16.5 Å². The Bertz CT molecular complexity index is 988. The number of nitrogens with one attached hydrogen (secondary N) is 1. The van der Waals surface area contributed by atoms with E-state index in [2.05, 4.69) is 10.4 Å². The fraction of sp³-hybridized carbons (Fsp3) is 0.273. The third-order valence-corrected chi connectivity index (χ3v) is 5.63. The van der Waals surface area contributed by atoms with Crippen LogP contribution in [0.3, 0.4) is 0 Å². The molecule has 1 unspecified atom stereocenters. The highest BCUT2D eigenvalue weighted by molar-refractivity contribution is 8.00. The molecule has 3 rings (SSSR count). The van der Waals surface area contributed by atoms with Crippen LogP contribution in [-0.2, 0) is 11.3 Å². The van der Waals surface area contributed by atoms with Crippen LogP contribution < -0.4 is 19.5 Å². The van der Waals surface area contributed by atoms with Crippen LogP contribution in [0.25, 0.3) is 0 Å². The third-order valence-electron chi connectivity index (χ3n) is 4.51. The van der Waals surface area contributed by atoms with Gasteiger partial charge in [0.25, 0.3) is 0 Å². The lowest BCUT2D eigenvalue weighted by molar-refractivity contribution is -0.115. The summed E-state index contributed by atoms with van der Waals surface area (Å²) >= 11 is 1.48. The van der Waals surface area contributed by atoms with Crippen molar-refractivity contribution >= 4 is 23.5 Å². The van der Waals surface area contributed by atoms with Gasteiger partial charge in [-0.15, -0.1) is 11.8 Å². The predicted molar refractivity (Wildman–Crippen MR) is 118 cm³/mol. The normalized spacial score (nSPS) is 11.6. The molecule has 1 amide bonds. The SMILES string of the molecule is COc1ccc(SC(C)C(=O)Nc2ccnn2Cc2cccc(OC)c2OC)cc1. The van der Waals surface area contributed by atoms with E-state index < -0.39 is 0 Å². The molecule has 1 atom stereocenters. The first-order valence-corrected chi connectivity index (χ1v) is 10.3. The van der Waals surface area contributed by atoms with E-state index in [1.165, 1.54) is 11.8 Å². The van der Waals surface area contributed by atoms with Crippen LogP contribution >= 0.6 is 11.8 Å². The molecule has 3 aromatic rings. The van der Waals surface area contributed by atoms with Crippen molar-refractivity contribution < 1.29 is 19.0 Å². The molecule has 30 heavy (non-hydrogen) atoms. The van der Waals surface area contributed by atoms with Gasteiger partial charge in [-0.05, 0) is 37.3 Å². The fourth-order valence-electron chi connectivity index (χ4n) is 2.94. The van der Waals surface area contributed by atoms with Crippen LogP contribution in [0.2, 0.25) is 0 Å². The minimum absolute atomic E-state index is 0.102. The van der Waals surface area contributed by atoms with Crippen molar-refractivity contribution in [3.8, 4) is 17.2 Å². The van der Waals surface area contributed by atoms with Gasteiger partial charge in [0.1, 0.15) is 11.6 Å². The lowest BCUT2D eigenvalue weighted by Gasteiger charge is -2.15. The molecular formula is C22H25N3O4S. The van der Waals surface area contributed by atoms with Gasteiger partial charge in [-0.2, -0.15) is 5.10 Å². The molecule has 8 heteroatoms. The van der Waals surface area contributed by atoms with E-state index >= 15 is 0 Å².